The Morgan fingerprint density at radius 3 is 2.25 bits per heavy atom. The van der Waals surface area contributed by atoms with Gasteiger partial charge in [0.2, 0.25) is 0 Å². The number of hydrogen-bond donors (Lipinski definition) is 5. The van der Waals surface area contributed by atoms with E-state index in [0.29, 0.717) is 12.7 Å². The molecule has 0 aromatic carbocycles. The van der Waals surface area contributed by atoms with Gasteiger partial charge in [-0.05, 0) is 56.3 Å². The van der Waals surface area contributed by atoms with Crippen molar-refractivity contribution in [3.05, 3.63) is 32.6 Å². The predicted octanol–water partition coefficient (Wildman–Crippen LogP) is 2.12. The highest BCUT2D eigenvalue weighted by atomic mass is 33.1. The molecule has 5 atom stereocenters. The zero-order valence-electron chi connectivity index (χ0n) is 23.6. The number of H-pyrrole nitrogens is 1. The van der Waals surface area contributed by atoms with Crippen LogP contribution in [-0.4, -0.2) is 71.3 Å². The zero-order chi connectivity index (χ0) is 32.0. The van der Waals surface area contributed by atoms with Crippen LogP contribution in [0, 0.1) is 42.4 Å². The van der Waals surface area contributed by atoms with Crippen LogP contribution in [0.25, 0.3) is 0 Å². The number of phosphoric acid groups is 3. The largest absolute Gasteiger partial charge is 0.490 e. The Kier molecular flexibility index (Phi) is 8.90. The molecule has 6 aliphatic rings. The number of phosphoric ester groups is 1. The topological polar surface area (TPSA) is 242 Å². The molecule has 0 spiro atoms. The number of ether oxygens (including phenoxy) is 3. The van der Waals surface area contributed by atoms with Gasteiger partial charge in [0, 0.05) is 22.9 Å². The summed E-state index contributed by atoms with van der Waals surface area (Å²) in [7, 11) is -13.7. The fraction of sp³-hybridized carbons (Fsp3) is 0.818. The van der Waals surface area contributed by atoms with Gasteiger partial charge in [-0.25, -0.2) is 18.5 Å². The molecule has 7 rings (SSSR count). The summed E-state index contributed by atoms with van der Waals surface area (Å²) in [6.45, 7) is 5.47. The molecule has 5 aliphatic carbocycles. The summed E-state index contributed by atoms with van der Waals surface area (Å²) in [5.74, 6) is 5.36. The first-order valence-corrected chi connectivity index (χ1v) is 20.5. The average molecular weight is 723 g/mol. The number of aromatic nitrogens is 2. The van der Waals surface area contributed by atoms with Crippen molar-refractivity contribution in [2.75, 3.05) is 19.2 Å². The summed E-state index contributed by atoms with van der Waals surface area (Å²) >= 11 is 0. The number of rotatable bonds is 16. The van der Waals surface area contributed by atoms with Gasteiger partial charge in [-0.2, -0.15) is 8.62 Å². The third-order valence-corrected chi connectivity index (χ3v) is 15.4. The molecule has 0 amide bonds. The molecule has 5 N–H and O–H groups in total. The van der Waals surface area contributed by atoms with E-state index >= 15 is 0 Å². The van der Waals surface area contributed by atoms with Gasteiger partial charge < -0.3 is 33.8 Å². The van der Waals surface area contributed by atoms with Gasteiger partial charge in [0.1, 0.15) is 18.3 Å². The van der Waals surface area contributed by atoms with E-state index in [1.807, 2.05) is 0 Å². The average Bonchev–Trinajstić information content (AvgIpc) is 3.48. The van der Waals surface area contributed by atoms with Crippen LogP contribution in [0.5, 0.6) is 0 Å². The minimum Gasteiger partial charge on any atom is -0.376 e. The number of nitrogens with one attached hydrogen (secondary N) is 1. The van der Waals surface area contributed by atoms with Crippen molar-refractivity contribution >= 4 is 45.1 Å². The molecule has 248 valence electrons. The molecule has 44 heavy (non-hydrogen) atoms. The second-order valence-electron chi connectivity index (χ2n) is 12.3. The Balaban J connectivity index is 1.04. The van der Waals surface area contributed by atoms with Crippen LogP contribution < -0.4 is 11.2 Å². The maximum Gasteiger partial charge on any atom is 0.490 e. The van der Waals surface area contributed by atoms with Gasteiger partial charge in [-0.15, -0.1) is 0 Å². The summed E-state index contributed by atoms with van der Waals surface area (Å²) < 4.78 is 66.2. The summed E-state index contributed by atoms with van der Waals surface area (Å²) in [6, 6.07) is 0. The van der Waals surface area contributed by atoms with Crippen molar-refractivity contribution in [1.29, 1.82) is 0 Å². The fourth-order valence-corrected chi connectivity index (χ4v) is 12.3. The lowest BCUT2D eigenvalue weighted by Crippen LogP contribution is -2.33. The first-order chi connectivity index (χ1) is 20.4. The highest BCUT2D eigenvalue weighted by Gasteiger charge is 2.92. The predicted molar refractivity (Wildman–Crippen MR) is 154 cm³/mol. The van der Waals surface area contributed by atoms with Crippen LogP contribution in [0.3, 0.4) is 0 Å². The monoisotopic (exact) mass is 722 g/mol. The third kappa shape index (κ3) is 6.94. The molecule has 2 heterocycles. The molecule has 3 unspecified atom stereocenters. The van der Waals surface area contributed by atoms with E-state index in [0.717, 1.165) is 40.1 Å². The maximum atomic E-state index is 12.5. The summed E-state index contributed by atoms with van der Waals surface area (Å²) in [5, 5.41) is 0. The van der Waals surface area contributed by atoms with Crippen molar-refractivity contribution in [3.8, 4) is 0 Å². The molecule has 0 radical (unpaired) electrons. The quantitative estimate of drug-likeness (QED) is 0.0710. The van der Waals surface area contributed by atoms with Crippen LogP contribution in [0.2, 0.25) is 0 Å². The van der Waals surface area contributed by atoms with Gasteiger partial charge in [0.15, 0.2) is 0 Å². The van der Waals surface area contributed by atoms with Crippen LogP contribution >= 0.6 is 45.1 Å². The van der Waals surface area contributed by atoms with Crippen molar-refractivity contribution < 1.29 is 60.6 Å². The van der Waals surface area contributed by atoms with E-state index in [2.05, 4.69) is 27.5 Å². The Hall–Kier alpha value is -0.330. The van der Waals surface area contributed by atoms with Crippen LogP contribution in [-0.2, 0) is 41.1 Å². The molecule has 1 aromatic heterocycles. The minimum absolute atomic E-state index is 0.0582. The molecule has 5 saturated carbocycles. The molecule has 6 fully saturated rings. The van der Waals surface area contributed by atoms with Crippen molar-refractivity contribution in [2.45, 2.75) is 56.5 Å². The van der Waals surface area contributed by atoms with Gasteiger partial charge in [0.25, 0.3) is 5.56 Å². The number of aromatic amines is 1. The van der Waals surface area contributed by atoms with Gasteiger partial charge in [0.05, 0.1) is 25.4 Å². The van der Waals surface area contributed by atoms with E-state index in [4.69, 9.17) is 28.5 Å². The molecular formula is C22H33N2O15P3S2. The Morgan fingerprint density at radius 2 is 1.64 bits per heavy atom. The second kappa shape index (κ2) is 11.7. The van der Waals surface area contributed by atoms with E-state index in [1.165, 1.54) is 23.9 Å². The molecule has 1 aromatic rings. The standard InChI is InChI=1S/C22H33N2O15P3S2/c1-9-5-24(21(26)23-20(9)25)12-4-10(11(37-12)6-36-41(30,31)39-42(32,33)38-40(27,28)29)35-8-43-44-22(2,3)7-34-19-17-13-14(17)16-15(13)18(16)19/h5,10-19H,4,6-8H2,1-3H3,(H,30,31)(H,32,33)(H,23,25,26)(H2,27,28,29)/t10?,11-,12-,13?,14?,15?,16?,17?,18?,19?/m1/s1. The first-order valence-electron chi connectivity index (χ1n) is 13.7. The lowest BCUT2D eigenvalue weighted by Gasteiger charge is -2.26. The normalized spacial score (nSPS) is 37.6. The smallest absolute Gasteiger partial charge is 0.376 e. The second-order valence-corrected chi connectivity index (χ2v) is 19.6. The van der Waals surface area contributed by atoms with Crippen molar-refractivity contribution in [3.63, 3.8) is 0 Å². The van der Waals surface area contributed by atoms with Crippen molar-refractivity contribution in [2.24, 2.45) is 35.5 Å². The Morgan fingerprint density at radius 1 is 1.00 bits per heavy atom. The maximum absolute atomic E-state index is 12.5. The van der Waals surface area contributed by atoms with Crippen molar-refractivity contribution in [1.82, 2.24) is 9.55 Å². The lowest BCUT2D eigenvalue weighted by molar-refractivity contribution is -0.0543. The fourth-order valence-electron chi connectivity index (χ4n) is 7.12. The third-order valence-electron chi connectivity index (χ3n) is 8.73. The summed E-state index contributed by atoms with van der Waals surface area (Å²) in [4.78, 5) is 63.2. The highest BCUT2D eigenvalue weighted by Crippen LogP contribution is 2.92. The van der Waals surface area contributed by atoms with Gasteiger partial charge >= 0.3 is 29.2 Å². The van der Waals surface area contributed by atoms with E-state index in [1.54, 1.807) is 10.8 Å². The molecule has 22 heteroatoms. The molecule has 17 nitrogen and oxygen atoms in total. The lowest BCUT2D eigenvalue weighted by atomic mass is 10.0. The Bertz CT molecular complexity index is 1520. The van der Waals surface area contributed by atoms with Gasteiger partial charge in [-0.3, -0.25) is 18.9 Å². The van der Waals surface area contributed by atoms with E-state index in [-0.39, 0.29) is 22.7 Å². The molecule has 1 saturated heterocycles. The van der Waals surface area contributed by atoms with Crippen LogP contribution in [0.4, 0.5) is 0 Å². The van der Waals surface area contributed by atoms with E-state index in [9.17, 15) is 33.1 Å². The number of hydrogen-bond acceptors (Lipinski definition) is 13. The SMILES string of the molecule is Cc1cn([C@H]2CC(OCSSC(C)(C)COC3C4C5C4C4C3C54)[C@@H](COP(=O)(O)OP(=O)(O)OP(=O)(O)O)O2)c(=O)[nH]c1=O. The first kappa shape index (κ1) is 33.6. The van der Waals surface area contributed by atoms with E-state index < -0.39 is 59.8 Å². The van der Waals surface area contributed by atoms with Crippen LogP contribution in [0.1, 0.15) is 32.1 Å². The zero-order valence-corrected chi connectivity index (χ0v) is 27.9. The minimum atomic E-state index is -5.71. The highest BCUT2D eigenvalue weighted by molar-refractivity contribution is 8.77. The van der Waals surface area contributed by atoms with Crippen LogP contribution in [0.15, 0.2) is 15.8 Å². The summed E-state index contributed by atoms with van der Waals surface area (Å²) in [6.07, 6.45) is -1.18. The van der Waals surface area contributed by atoms with Gasteiger partial charge in [-0.1, -0.05) is 21.6 Å². The Labute approximate surface area is 258 Å². The summed E-state index contributed by atoms with van der Waals surface area (Å²) in [5.41, 5.74) is -1.11. The molecule has 1 aliphatic heterocycles. The molecular weight excluding hydrogens is 689 g/mol. The molecule has 2 bridgehead atoms. The number of aryl methyl sites for hydroxylation is 1. The number of nitrogens with zero attached hydrogens (tertiary/aromatic N) is 1.